The van der Waals surface area contributed by atoms with Crippen LogP contribution in [0.2, 0.25) is 0 Å². The fraction of sp³-hybridized carbons (Fsp3) is 0.192. The van der Waals surface area contributed by atoms with Crippen molar-refractivity contribution < 1.29 is 19.1 Å². The molecule has 2 atom stereocenters. The van der Waals surface area contributed by atoms with Crippen LogP contribution in [0.3, 0.4) is 0 Å². The van der Waals surface area contributed by atoms with Crippen LogP contribution in [0, 0.1) is 3.57 Å². The van der Waals surface area contributed by atoms with Crippen LogP contribution in [0.4, 0.5) is 4.79 Å². The van der Waals surface area contributed by atoms with E-state index in [1.165, 1.54) is 0 Å². The highest BCUT2D eigenvalue weighted by Gasteiger charge is 2.26. The van der Waals surface area contributed by atoms with E-state index in [1.54, 1.807) is 0 Å². The van der Waals surface area contributed by atoms with Gasteiger partial charge in [-0.1, -0.05) is 72.8 Å². The zero-order valence-electron chi connectivity index (χ0n) is 18.4. The smallest absolute Gasteiger partial charge is 0.408 e. The van der Waals surface area contributed by atoms with E-state index in [2.05, 4.69) is 33.2 Å². The van der Waals surface area contributed by atoms with Crippen molar-refractivity contribution in [1.29, 1.82) is 0 Å². The van der Waals surface area contributed by atoms with Crippen molar-refractivity contribution in [2.45, 2.75) is 31.5 Å². The van der Waals surface area contributed by atoms with E-state index < -0.39 is 30.0 Å². The molecule has 0 fully saturated rings. The Hall–Kier alpha value is -3.40. The van der Waals surface area contributed by atoms with Crippen LogP contribution in [-0.2, 0) is 33.8 Å². The molecule has 3 aromatic rings. The number of hydrogen-bond acceptors (Lipinski definition) is 4. The lowest BCUT2D eigenvalue weighted by molar-refractivity contribution is -0.128. The number of hydrogen-bond donors (Lipinski definition) is 3. The zero-order chi connectivity index (χ0) is 24.3. The van der Waals surface area contributed by atoms with Crippen LogP contribution in [0.15, 0.2) is 84.9 Å². The maximum Gasteiger partial charge on any atom is 0.408 e. The number of rotatable bonds is 10. The minimum Gasteiger partial charge on any atom is -0.445 e. The van der Waals surface area contributed by atoms with Gasteiger partial charge < -0.3 is 21.1 Å². The number of nitrogens with two attached hydrogens (primary N) is 1. The summed E-state index contributed by atoms with van der Waals surface area (Å²) in [6.45, 7) is 0.0723. The molecule has 3 rings (SSSR count). The summed E-state index contributed by atoms with van der Waals surface area (Å²) in [6.07, 6.45) is -0.260. The number of carbonyl (C=O) groups is 3. The second-order valence-electron chi connectivity index (χ2n) is 7.75. The molecule has 0 heterocycles. The molecule has 34 heavy (non-hydrogen) atoms. The first-order chi connectivity index (χ1) is 16.4. The lowest BCUT2D eigenvalue weighted by atomic mass is 10.0. The Kier molecular flexibility index (Phi) is 9.45. The fourth-order valence-electron chi connectivity index (χ4n) is 3.36. The number of halogens is 1. The number of carbonyl (C=O) groups excluding carboxylic acids is 3. The fourth-order valence-corrected chi connectivity index (χ4v) is 3.97. The molecule has 0 spiro atoms. The SMILES string of the molecule is NC(=O)[C@H](Cc1cccc(I)c1)NC(=O)[C@@H](Cc1ccccc1)NC(=O)OCc1ccccc1. The average molecular weight is 571 g/mol. The second-order valence-corrected chi connectivity index (χ2v) is 8.99. The molecule has 4 N–H and O–H groups in total. The predicted molar refractivity (Wildman–Crippen MR) is 138 cm³/mol. The van der Waals surface area contributed by atoms with E-state index in [0.29, 0.717) is 0 Å². The largest absolute Gasteiger partial charge is 0.445 e. The van der Waals surface area contributed by atoms with Crippen molar-refractivity contribution in [3.63, 3.8) is 0 Å². The van der Waals surface area contributed by atoms with Gasteiger partial charge in [-0.3, -0.25) is 9.59 Å². The highest BCUT2D eigenvalue weighted by atomic mass is 127. The van der Waals surface area contributed by atoms with Crippen LogP contribution in [0.1, 0.15) is 16.7 Å². The van der Waals surface area contributed by atoms with Gasteiger partial charge in [0.25, 0.3) is 0 Å². The Bertz CT molecular complexity index is 1110. The van der Waals surface area contributed by atoms with E-state index in [0.717, 1.165) is 20.3 Å². The van der Waals surface area contributed by atoms with Crippen molar-refractivity contribution in [1.82, 2.24) is 10.6 Å². The van der Waals surface area contributed by atoms with Gasteiger partial charge in [0.1, 0.15) is 18.7 Å². The Balaban J connectivity index is 1.69. The molecular formula is C26H26IN3O4. The van der Waals surface area contributed by atoms with E-state index in [9.17, 15) is 14.4 Å². The third kappa shape index (κ3) is 8.18. The number of primary amides is 1. The second kappa shape index (κ2) is 12.7. The van der Waals surface area contributed by atoms with Gasteiger partial charge in [0.05, 0.1) is 0 Å². The summed E-state index contributed by atoms with van der Waals surface area (Å²) in [5.41, 5.74) is 8.11. The molecule has 0 bridgehead atoms. The lowest BCUT2D eigenvalue weighted by Crippen LogP contribution is -2.54. The van der Waals surface area contributed by atoms with E-state index in [-0.39, 0.29) is 19.4 Å². The number of amides is 3. The Morgan fingerprint density at radius 2 is 1.35 bits per heavy atom. The molecule has 0 saturated carbocycles. The molecule has 0 aliphatic carbocycles. The first-order valence-electron chi connectivity index (χ1n) is 10.8. The van der Waals surface area contributed by atoms with Crippen molar-refractivity contribution in [2.24, 2.45) is 5.73 Å². The maximum absolute atomic E-state index is 13.1. The lowest BCUT2D eigenvalue weighted by Gasteiger charge is -2.22. The number of ether oxygens (including phenoxy) is 1. The molecule has 0 aromatic heterocycles. The summed E-state index contributed by atoms with van der Waals surface area (Å²) in [5.74, 6) is -1.17. The molecule has 0 unspecified atom stereocenters. The molecule has 3 aromatic carbocycles. The quantitative estimate of drug-likeness (QED) is 0.325. The van der Waals surface area contributed by atoms with Gasteiger partial charge in [0.15, 0.2) is 0 Å². The monoisotopic (exact) mass is 571 g/mol. The summed E-state index contributed by atoms with van der Waals surface area (Å²) in [5, 5.41) is 5.32. The molecule has 8 heteroatoms. The first kappa shape index (κ1) is 25.2. The molecule has 0 saturated heterocycles. The van der Waals surface area contributed by atoms with E-state index in [1.807, 2.05) is 84.9 Å². The molecular weight excluding hydrogens is 545 g/mol. The summed E-state index contributed by atoms with van der Waals surface area (Å²) in [7, 11) is 0. The molecule has 176 valence electrons. The van der Waals surface area contributed by atoms with Gasteiger partial charge in [-0.2, -0.15) is 0 Å². The summed E-state index contributed by atoms with van der Waals surface area (Å²) >= 11 is 2.18. The van der Waals surface area contributed by atoms with Crippen LogP contribution < -0.4 is 16.4 Å². The minimum atomic E-state index is -0.955. The average Bonchev–Trinajstić information content (AvgIpc) is 2.83. The highest BCUT2D eigenvalue weighted by molar-refractivity contribution is 14.1. The summed E-state index contributed by atoms with van der Waals surface area (Å²) in [4.78, 5) is 37.7. The van der Waals surface area contributed by atoms with Gasteiger partial charge in [0, 0.05) is 16.4 Å². The van der Waals surface area contributed by atoms with Gasteiger partial charge in [-0.25, -0.2) is 4.79 Å². The third-order valence-corrected chi connectivity index (χ3v) is 5.76. The number of nitrogens with one attached hydrogen (secondary N) is 2. The van der Waals surface area contributed by atoms with Crippen LogP contribution in [-0.4, -0.2) is 30.0 Å². The molecule has 0 aliphatic heterocycles. The minimum absolute atomic E-state index is 0.0723. The van der Waals surface area contributed by atoms with Crippen molar-refractivity contribution in [2.75, 3.05) is 0 Å². The molecule has 3 amide bonds. The maximum atomic E-state index is 13.1. The summed E-state index contributed by atoms with van der Waals surface area (Å²) in [6, 6.07) is 24.2. The number of benzene rings is 3. The molecule has 0 aliphatic rings. The van der Waals surface area contributed by atoms with Gasteiger partial charge in [-0.15, -0.1) is 0 Å². The number of alkyl carbamates (subject to hydrolysis) is 1. The van der Waals surface area contributed by atoms with Crippen molar-refractivity contribution in [3.05, 3.63) is 105 Å². The van der Waals surface area contributed by atoms with Crippen LogP contribution in [0.5, 0.6) is 0 Å². The van der Waals surface area contributed by atoms with Gasteiger partial charge >= 0.3 is 6.09 Å². The van der Waals surface area contributed by atoms with Crippen molar-refractivity contribution >= 4 is 40.5 Å². The summed E-state index contributed by atoms with van der Waals surface area (Å²) < 4.78 is 6.29. The van der Waals surface area contributed by atoms with Crippen molar-refractivity contribution in [3.8, 4) is 0 Å². The van der Waals surface area contributed by atoms with E-state index in [4.69, 9.17) is 10.5 Å². The highest BCUT2D eigenvalue weighted by Crippen LogP contribution is 2.11. The van der Waals surface area contributed by atoms with Crippen LogP contribution >= 0.6 is 22.6 Å². The van der Waals surface area contributed by atoms with Crippen LogP contribution in [0.25, 0.3) is 0 Å². The Morgan fingerprint density at radius 3 is 1.97 bits per heavy atom. The topological polar surface area (TPSA) is 111 Å². The van der Waals surface area contributed by atoms with Gasteiger partial charge in [0.2, 0.25) is 11.8 Å². The standard InChI is InChI=1S/C26H26IN3O4/c27-21-13-7-12-20(14-21)16-22(24(28)31)29-25(32)23(15-18-8-3-1-4-9-18)30-26(33)34-17-19-10-5-2-6-11-19/h1-14,22-23H,15-17H2,(H2,28,31)(H,29,32)(H,30,33)/t22-,23+/m0/s1. The zero-order valence-corrected chi connectivity index (χ0v) is 20.6. The third-order valence-electron chi connectivity index (χ3n) is 5.09. The van der Waals surface area contributed by atoms with E-state index >= 15 is 0 Å². The normalized spacial score (nSPS) is 12.3. The Morgan fingerprint density at radius 1 is 0.765 bits per heavy atom. The van der Waals surface area contributed by atoms with Gasteiger partial charge in [-0.05, 0) is 51.4 Å². The molecule has 7 nitrogen and oxygen atoms in total. The predicted octanol–water partition coefficient (Wildman–Crippen LogP) is 3.34. The molecule has 0 radical (unpaired) electrons. The first-order valence-corrected chi connectivity index (χ1v) is 11.8. The Labute approximate surface area is 212 Å².